The van der Waals surface area contributed by atoms with Crippen LogP contribution in [0.25, 0.3) is 0 Å². The van der Waals surface area contributed by atoms with Gasteiger partial charge in [0.25, 0.3) is 0 Å². The second-order valence-electron chi connectivity index (χ2n) is 3.99. The second kappa shape index (κ2) is 8.01. The molecule has 0 heterocycles. The van der Waals surface area contributed by atoms with E-state index >= 15 is 0 Å². The molecule has 0 saturated heterocycles. The van der Waals surface area contributed by atoms with Crippen molar-refractivity contribution in [2.24, 2.45) is 0 Å². The lowest BCUT2D eigenvalue weighted by molar-refractivity contribution is 0.525. The fourth-order valence-corrected chi connectivity index (χ4v) is 3.96. The maximum absolute atomic E-state index is 12.3. The van der Waals surface area contributed by atoms with Gasteiger partial charge in [0.2, 0.25) is 0 Å². The third kappa shape index (κ3) is 4.90. The summed E-state index contributed by atoms with van der Waals surface area (Å²) in [5, 5.41) is 3.40. The molecule has 1 N–H and O–H groups in total. The monoisotopic (exact) mass is 317 g/mol. The Kier molecular flexibility index (Phi) is 7.00. The summed E-state index contributed by atoms with van der Waals surface area (Å²) < 4.78 is 13.2. The van der Waals surface area contributed by atoms with Crippen LogP contribution in [0, 0.1) is 0 Å². The van der Waals surface area contributed by atoms with Crippen molar-refractivity contribution < 1.29 is 4.21 Å². The molecule has 2 atom stereocenters. The van der Waals surface area contributed by atoms with E-state index in [1.54, 1.807) is 0 Å². The van der Waals surface area contributed by atoms with Crippen LogP contribution in [0.2, 0.25) is 0 Å². The minimum Gasteiger partial charge on any atom is -0.313 e. The van der Waals surface area contributed by atoms with Crippen molar-refractivity contribution in [3.05, 3.63) is 28.7 Å². The topological polar surface area (TPSA) is 29.1 Å². The highest BCUT2D eigenvalue weighted by molar-refractivity contribution is 9.10. The first-order chi connectivity index (χ1) is 8.19. The SMILES string of the molecule is CCCC(CS(=O)c1ccccc1Br)NCC. The molecule has 1 rings (SSSR count). The molecule has 2 nitrogen and oxygen atoms in total. The maximum Gasteiger partial charge on any atom is 0.0556 e. The van der Waals surface area contributed by atoms with Gasteiger partial charge in [-0.05, 0) is 41.0 Å². The van der Waals surface area contributed by atoms with E-state index in [9.17, 15) is 4.21 Å². The van der Waals surface area contributed by atoms with Gasteiger partial charge in [-0.3, -0.25) is 4.21 Å². The van der Waals surface area contributed by atoms with Gasteiger partial charge < -0.3 is 5.32 Å². The molecule has 2 unspecified atom stereocenters. The van der Waals surface area contributed by atoms with Crippen LogP contribution in [-0.2, 0) is 10.8 Å². The van der Waals surface area contributed by atoms with Crippen LogP contribution in [0.4, 0.5) is 0 Å². The summed E-state index contributed by atoms with van der Waals surface area (Å²) in [6.45, 7) is 5.17. The summed E-state index contributed by atoms with van der Waals surface area (Å²) >= 11 is 3.45. The Balaban J connectivity index is 2.67. The van der Waals surface area contributed by atoms with Gasteiger partial charge >= 0.3 is 0 Å². The Morgan fingerprint density at radius 3 is 2.65 bits per heavy atom. The minimum absolute atomic E-state index is 0.345. The van der Waals surface area contributed by atoms with Gasteiger partial charge in [0.1, 0.15) is 0 Å². The van der Waals surface area contributed by atoms with Crippen LogP contribution < -0.4 is 5.32 Å². The largest absolute Gasteiger partial charge is 0.313 e. The first-order valence-electron chi connectivity index (χ1n) is 6.05. The molecule has 0 fully saturated rings. The molecular formula is C13H20BrNOS. The van der Waals surface area contributed by atoms with Gasteiger partial charge in [0, 0.05) is 16.3 Å². The number of rotatable bonds is 7. The van der Waals surface area contributed by atoms with Crippen LogP contribution in [0.1, 0.15) is 26.7 Å². The van der Waals surface area contributed by atoms with Crippen molar-refractivity contribution >= 4 is 26.7 Å². The van der Waals surface area contributed by atoms with Gasteiger partial charge in [-0.1, -0.05) is 32.4 Å². The number of nitrogens with one attached hydrogen (secondary N) is 1. The molecule has 0 amide bonds. The maximum atomic E-state index is 12.3. The number of halogens is 1. The molecule has 4 heteroatoms. The standard InChI is InChI=1S/C13H20BrNOS/c1-3-7-11(15-4-2)10-17(16)13-9-6-5-8-12(13)14/h5-6,8-9,11,15H,3-4,7,10H2,1-2H3. The number of hydrogen-bond acceptors (Lipinski definition) is 2. The van der Waals surface area contributed by atoms with Crippen molar-refractivity contribution in [1.82, 2.24) is 5.32 Å². The highest BCUT2D eigenvalue weighted by Gasteiger charge is 2.14. The van der Waals surface area contributed by atoms with Crippen LogP contribution in [0.15, 0.2) is 33.6 Å². The lowest BCUT2D eigenvalue weighted by Crippen LogP contribution is -2.33. The van der Waals surface area contributed by atoms with Crippen LogP contribution in [-0.4, -0.2) is 22.5 Å². The molecule has 0 spiro atoms. The molecule has 1 aromatic carbocycles. The Morgan fingerprint density at radius 2 is 2.06 bits per heavy atom. The summed E-state index contributed by atoms with van der Waals surface area (Å²) in [7, 11) is -0.937. The Labute approximate surface area is 115 Å². The Bertz CT molecular complexity index is 364. The normalized spacial score (nSPS) is 14.5. The predicted molar refractivity (Wildman–Crippen MR) is 77.8 cm³/mol. The highest BCUT2D eigenvalue weighted by Crippen LogP contribution is 2.20. The average Bonchev–Trinajstić information content (AvgIpc) is 2.30. The van der Waals surface area contributed by atoms with Gasteiger partial charge in [-0.2, -0.15) is 0 Å². The first kappa shape index (κ1) is 14.9. The zero-order valence-corrected chi connectivity index (χ0v) is 12.8. The molecule has 17 heavy (non-hydrogen) atoms. The molecule has 96 valence electrons. The van der Waals surface area contributed by atoms with Crippen LogP contribution in [0.3, 0.4) is 0 Å². The van der Waals surface area contributed by atoms with Gasteiger partial charge in [0.05, 0.1) is 15.7 Å². The Morgan fingerprint density at radius 1 is 1.35 bits per heavy atom. The summed E-state index contributed by atoms with van der Waals surface area (Å²) in [4.78, 5) is 0.895. The molecule has 0 aromatic heterocycles. The summed E-state index contributed by atoms with van der Waals surface area (Å²) in [5.74, 6) is 0.685. The highest BCUT2D eigenvalue weighted by atomic mass is 79.9. The third-order valence-corrected chi connectivity index (χ3v) is 5.07. The fraction of sp³-hybridized carbons (Fsp3) is 0.538. The van der Waals surface area contributed by atoms with E-state index < -0.39 is 10.8 Å². The average molecular weight is 318 g/mol. The van der Waals surface area contributed by atoms with Crippen molar-refractivity contribution in [3.8, 4) is 0 Å². The van der Waals surface area contributed by atoms with Crippen molar-refractivity contribution in [1.29, 1.82) is 0 Å². The van der Waals surface area contributed by atoms with E-state index in [1.165, 1.54) is 0 Å². The van der Waals surface area contributed by atoms with Crippen LogP contribution in [0.5, 0.6) is 0 Å². The van der Waals surface area contributed by atoms with Crippen molar-refractivity contribution in [2.75, 3.05) is 12.3 Å². The van der Waals surface area contributed by atoms with Crippen LogP contribution >= 0.6 is 15.9 Å². The second-order valence-corrected chi connectivity index (χ2v) is 6.30. The molecule has 0 aliphatic carbocycles. The number of hydrogen-bond donors (Lipinski definition) is 1. The van der Waals surface area contributed by atoms with E-state index in [4.69, 9.17) is 0 Å². The van der Waals surface area contributed by atoms with Gasteiger partial charge in [0.15, 0.2) is 0 Å². The molecule has 0 aliphatic heterocycles. The van der Waals surface area contributed by atoms with E-state index in [1.807, 2.05) is 24.3 Å². The fourth-order valence-electron chi connectivity index (χ4n) is 1.78. The Hall–Kier alpha value is -0.190. The quantitative estimate of drug-likeness (QED) is 0.835. The van der Waals surface area contributed by atoms with Gasteiger partial charge in [-0.15, -0.1) is 0 Å². The lowest BCUT2D eigenvalue weighted by atomic mass is 10.2. The smallest absolute Gasteiger partial charge is 0.0556 e. The molecule has 0 bridgehead atoms. The first-order valence-corrected chi connectivity index (χ1v) is 8.16. The van der Waals surface area contributed by atoms with E-state index in [0.29, 0.717) is 11.8 Å². The van der Waals surface area contributed by atoms with Crippen molar-refractivity contribution in [2.45, 2.75) is 37.6 Å². The van der Waals surface area contributed by atoms with Gasteiger partial charge in [-0.25, -0.2) is 0 Å². The van der Waals surface area contributed by atoms with E-state index in [2.05, 4.69) is 35.1 Å². The molecule has 1 aromatic rings. The molecule has 0 radical (unpaired) electrons. The zero-order chi connectivity index (χ0) is 12.7. The summed E-state index contributed by atoms with van der Waals surface area (Å²) in [6, 6.07) is 8.08. The molecule has 0 aliphatic rings. The third-order valence-electron chi connectivity index (χ3n) is 2.56. The zero-order valence-electron chi connectivity index (χ0n) is 10.4. The number of benzene rings is 1. The van der Waals surface area contributed by atoms with E-state index in [0.717, 1.165) is 28.8 Å². The predicted octanol–water partition coefficient (Wildman–Crippen LogP) is 3.33. The summed E-state index contributed by atoms with van der Waals surface area (Å²) in [6.07, 6.45) is 2.19. The molecule has 0 saturated carbocycles. The summed E-state index contributed by atoms with van der Waals surface area (Å²) in [5.41, 5.74) is 0. The van der Waals surface area contributed by atoms with E-state index in [-0.39, 0.29) is 0 Å². The molecular weight excluding hydrogens is 298 g/mol. The lowest BCUT2D eigenvalue weighted by Gasteiger charge is -2.16. The minimum atomic E-state index is -0.937. The van der Waals surface area contributed by atoms with Crippen molar-refractivity contribution in [3.63, 3.8) is 0 Å².